The second-order valence-electron chi connectivity index (χ2n) is 11.9. The minimum absolute atomic E-state index is 0.0943. The summed E-state index contributed by atoms with van der Waals surface area (Å²) in [5, 5.41) is 11.9. The molecule has 0 aliphatic carbocycles. The zero-order valence-electron chi connectivity index (χ0n) is 25.5. The van der Waals surface area contributed by atoms with E-state index in [-0.39, 0.29) is 12.3 Å². The maximum atomic E-state index is 6.31. The van der Waals surface area contributed by atoms with Crippen molar-refractivity contribution in [2.24, 2.45) is 4.99 Å². The lowest BCUT2D eigenvalue weighted by molar-refractivity contribution is 0.410. The molecule has 2 heterocycles. The van der Waals surface area contributed by atoms with Gasteiger partial charge < -0.3 is 9.73 Å². The summed E-state index contributed by atoms with van der Waals surface area (Å²) in [6.45, 7) is 0. The smallest absolute Gasteiger partial charge is 0.227 e. The van der Waals surface area contributed by atoms with E-state index in [2.05, 4.69) is 120 Å². The lowest BCUT2D eigenvalue weighted by atomic mass is 9.92. The van der Waals surface area contributed by atoms with Gasteiger partial charge in [-0.25, -0.2) is 9.98 Å². The molecule has 1 aliphatic heterocycles. The van der Waals surface area contributed by atoms with Crippen LogP contribution in [0.5, 0.6) is 0 Å². The molecule has 7 aromatic carbocycles. The van der Waals surface area contributed by atoms with Crippen molar-refractivity contribution in [3.05, 3.63) is 174 Å². The molecule has 1 aliphatic rings. The Balaban J connectivity index is 1.13. The summed E-state index contributed by atoms with van der Waals surface area (Å²) in [5.41, 5.74) is 8.33. The molecule has 1 aromatic heterocycles. The first kappa shape index (κ1) is 27.3. The molecule has 0 fully saturated rings. The maximum Gasteiger partial charge on any atom is 0.227 e. The fourth-order valence-electron chi connectivity index (χ4n) is 6.68. The van der Waals surface area contributed by atoms with E-state index >= 15 is 0 Å². The number of hydrogen-bond donors (Lipinski definition) is 2. The molecule has 0 spiro atoms. The van der Waals surface area contributed by atoms with Gasteiger partial charge in [-0.1, -0.05) is 127 Å². The third kappa shape index (κ3) is 4.94. The Labute approximate surface area is 272 Å². The normalized spacial score (nSPS) is 16.3. The number of hydrogen-bond acceptors (Lipinski definition) is 5. The van der Waals surface area contributed by atoms with Gasteiger partial charge in [0.2, 0.25) is 5.89 Å². The molecule has 5 heteroatoms. The molecule has 2 N–H and O–H groups in total. The van der Waals surface area contributed by atoms with Crippen molar-refractivity contribution < 1.29 is 4.42 Å². The zero-order valence-corrected chi connectivity index (χ0v) is 25.5. The van der Waals surface area contributed by atoms with Crippen molar-refractivity contribution in [1.82, 2.24) is 15.6 Å². The Morgan fingerprint density at radius 2 is 1.26 bits per heavy atom. The van der Waals surface area contributed by atoms with Crippen LogP contribution in [0.1, 0.15) is 29.0 Å². The van der Waals surface area contributed by atoms with E-state index in [0.717, 1.165) is 55.5 Å². The predicted molar refractivity (Wildman–Crippen MR) is 191 cm³/mol. The molecule has 224 valence electrons. The molecular formula is C42H30N4O. The number of fused-ring (bicyclic) bond motifs is 4. The van der Waals surface area contributed by atoms with Crippen molar-refractivity contribution >= 4 is 38.5 Å². The molecule has 5 nitrogen and oxygen atoms in total. The fraction of sp³-hybridized carbons (Fsp3) is 0.0476. The summed E-state index contributed by atoms with van der Waals surface area (Å²) in [6.07, 6.45) is -0.339. The molecular weight excluding hydrogens is 576 g/mol. The standard InChI is InChI=1S/C42H30N4O/c1-4-12-27(13-5-1)39-44-40(28-14-6-2-7-15-28)46-41(45-39)36-24-23-32(34-18-10-11-19-35(34)36)30-20-22-33-31(26-30)21-25-37-38(33)47-42(43-37)29-16-8-3-9-17-29/h1-26,39,41,45H,(H,44,46). The third-order valence-electron chi connectivity index (χ3n) is 9.00. The van der Waals surface area contributed by atoms with Gasteiger partial charge in [0, 0.05) is 16.5 Å². The van der Waals surface area contributed by atoms with Gasteiger partial charge in [-0.2, -0.15) is 0 Å². The quantitative estimate of drug-likeness (QED) is 0.205. The number of aliphatic imine (C=N–C) groups is 1. The van der Waals surface area contributed by atoms with Crippen molar-refractivity contribution in [3.8, 4) is 22.6 Å². The van der Waals surface area contributed by atoms with Crippen LogP contribution in [-0.2, 0) is 0 Å². The Bertz CT molecular complexity index is 2420. The van der Waals surface area contributed by atoms with Crippen LogP contribution in [-0.4, -0.2) is 10.8 Å². The van der Waals surface area contributed by atoms with Gasteiger partial charge in [-0.05, 0) is 68.7 Å². The second-order valence-corrected chi connectivity index (χ2v) is 11.9. The first-order chi connectivity index (χ1) is 23.3. The summed E-state index contributed by atoms with van der Waals surface area (Å²) >= 11 is 0. The van der Waals surface area contributed by atoms with Gasteiger partial charge >= 0.3 is 0 Å². The van der Waals surface area contributed by atoms with Crippen LogP contribution in [0.4, 0.5) is 0 Å². The number of aromatic nitrogens is 1. The van der Waals surface area contributed by atoms with Gasteiger partial charge in [0.1, 0.15) is 23.7 Å². The van der Waals surface area contributed by atoms with Crippen molar-refractivity contribution in [2.45, 2.75) is 12.3 Å². The summed E-state index contributed by atoms with van der Waals surface area (Å²) in [5.74, 6) is 1.51. The van der Waals surface area contributed by atoms with Crippen LogP contribution in [0.2, 0.25) is 0 Å². The minimum atomic E-state index is -0.245. The Morgan fingerprint density at radius 3 is 2.04 bits per heavy atom. The fourth-order valence-corrected chi connectivity index (χ4v) is 6.68. The van der Waals surface area contributed by atoms with E-state index in [9.17, 15) is 0 Å². The first-order valence-electron chi connectivity index (χ1n) is 15.9. The molecule has 9 rings (SSSR count). The highest BCUT2D eigenvalue weighted by Gasteiger charge is 2.27. The van der Waals surface area contributed by atoms with Crippen LogP contribution >= 0.6 is 0 Å². The Kier molecular flexibility index (Phi) is 6.61. The number of nitrogens with one attached hydrogen (secondary N) is 2. The molecule has 8 aromatic rings. The number of oxazole rings is 1. The number of benzene rings is 7. The zero-order chi connectivity index (χ0) is 31.2. The van der Waals surface area contributed by atoms with Gasteiger partial charge in [-0.15, -0.1) is 0 Å². The first-order valence-corrected chi connectivity index (χ1v) is 15.9. The molecule has 47 heavy (non-hydrogen) atoms. The van der Waals surface area contributed by atoms with Gasteiger partial charge in [0.15, 0.2) is 5.58 Å². The van der Waals surface area contributed by atoms with Crippen molar-refractivity contribution in [3.63, 3.8) is 0 Å². The monoisotopic (exact) mass is 606 g/mol. The molecule has 0 bridgehead atoms. The van der Waals surface area contributed by atoms with Crippen LogP contribution in [0.3, 0.4) is 0 Å². The van der Waals surface area contributed by atoms with Crippen molar-refractivity contribution in [2.75, 3.05) is 0 Å². The largest absolute Gasteiger partial charge is 0.435 e. The SMILES string of the molecule is c1ccc(C2=NC(c3ccc(-c4ccc5c(ccc6nc(-c7ccccc7)oc65)c4)c4ccccc34)NC(c3ccccc3)N2)cc1. The summed E-state index contributed by atoms with van der Waals surface area (Å²) in [7, 11) is 0. The summed E-state index contributed by atoms with van der Waals surface area (Å²) in [6, 6.07) is 54.8. The molecule has 0 amide bonds. The second kappa shape index (κ2) is 11.4. The van der Waals surface area contributed by atoms with E-state index in [1.165, 1.54) is 16.3 Å². The number of nitrogens with zero attached hydrogens (tertiary/aromatic N) is 2. The van der Waals surface area contributed by atoms with E-state index in [1.54, 1.807) is 0 Å². The highest BCUT2D eigenvalue weighted by molar-refractivity contribution is 6.07. The lowest BCUT2D eigenvalue weighted by Crippen LogP contribution is -2.45. The summed E-state index contributed by atoms with van der Waals surface area (Å²) in [4.78, 5) is 9.99. The average molecular weight is 607 g/mol. The van der Waals surface area contributed by atoms with E-state index < -0.39 is 0 Å². The lowest BCUT2D eigenvalue weighted by Gasteiger charge is -2.32. The highest BCUT2D eigenvalue weighted by Crippen LogP contribution is 2.38. The van der Waals surface area contributed by atoms with Gasteiger partial charge in [0.05, 0.1) is 0 Å². The molecule has 0 radical (unpaired) electrons. The average Bonchev–Trinajstić information content (AvgIpc) is 3.60. The molecule has 0 saturated carbocycles. The predicted octanol–water partition coefficient (Wildman–Crippen LogP) is 9.81. The van der Waals surface area contributed by atoms with Crippen LogP contribution in [0.15, 0.2) is 167 Å². The summed E-state index contributed by atoms with van der Waals surface area (Å²) < 4.78 is 6.31. The van der Waals surface area contributed by atoms with Gasteiger partial charge in [0.25, 0.3) is 0 Å². The van der Waals surface area contributed by atoms with E-state index in [1.807, 2.05) is 48.5 Å². The molecule has 0 saturated heterocycles. The van der Waals surface area contributed by atoms with E-state index in [0.29, 0.717) is 5.89 Å². The molecule has 2 unspecified atom stereocenters. The van der Waals surface area contributed by atoms with Gasteiger partial charge in [-0.3, -0.25) is 5.32 Å². The Morgan fingerprint density at radius 1 is 0.553 bits per heavy atom. The Hall–Kier alpha value is -6.04. The number of amidine groups is 1. The topological polar surface area (TPSA) is 62.5 Å². The van der Waals surface area contributed by atoms with Crippen LogP contribution in [0, 0.1) is 0 Å². The highest BCUT2D eigenvalue weighted by atomic mass is 16.3. The third-order valence-corrected chi connectivity index (χ3v) is 9.00. The molecule has 2 atom stereocenters. The van der Waals surface area contributed by atoms with Crippen molar-refractivity contribution in [1.29, 1.82) is 0 Å². The maximum absolute atomic E-state index is 6.31. The minimum Gasteiger partial charge on any atom is -0.435 e. The number of rotatable bonds is 5. The van der Waals surface area contributed by atoms with Crippen LogP contribution < -0.4 is 10.6 Å². The van der Waals surface area contributed by atoms with Crippen LogP contribution in [0.25, 0.3) is 55.2 Å². The van der Waals surface area contributed by atoms with E-state index in [4.69, 9.17) is 14.4 Å².